The van der Waals surface area contributed by atoms with Crippen LogP contribution in [-0.2, 0) is 4.79 Å². The van der Waals surface area contributed by atoms with Gasteiger partial charge in [0.25, 0.3) is 5.91 Å². The van der Waals surface area contributed by atoms with Crippen LogP contribution in [0.15, 0.2) is 72.8 Å². The molecule has 30 heavy (non-hydrogen) atoms. The number of hydrogen-bond donors (Lipinski definition) is 1. The average Bonchev–Trinajstić information content (AvgIpc) is 3.15. The van der Waals surface area contributed by atoms with Gasteiger partial charge in [-0.3, -0.25) is 14.5 Å². The minimum atomic E-state index is -0.222. The Morgan fingerprint density at radius 2 is 1.87 bits per heavy atom. The number of halogens is 1. The third kappa shape index (κ3) is 4.15. The first-order valence-electron chi connectivity index (χ1n) is 9.30. The lowest BCUT2D eigenvalue weighted by atomic mass is 10.1. The average molecular weight is 439 g/mol. The number of carbonyl (C=O) groups is 2. The zero-order valence-corrected chi connectivity index (χ0v) is 17.7. The highest BCUT2D eigenvalue weighted by Crippen LogP contribution is 2.45. The fourth-order valence-corrected chi connectivity index (χ4v) is 4.62. The molecule has 1 aliphatic rings. The second-order valence-electron chi connectivity index (χ2n) is 6.69. The molecule has 2 amide bonds. The first-order chi connectivity index (χ1) is 14.6. The zero-order valence-electron chi connectivity index (χ0n) is 16.2. The largest absolute Gasteiger partial charge is 0.495 e. The summed E-state index contributed by atoms with van der Waals surface area (Å²) in [5.41, 5.74) is 2.83. The Morgan fingerprint density at radius 3 is 2.63 bits per heavy atom. The molecule has 0 radical (unpaired) electrons. The molecule has 7 heteroatoms. The van der Waals surface area contributed by atoms with E-state index in [-0.39, 0.29) is 17.2 Å². The number of hydrogen-bond acceptors (Lipinski definition) is 4. The van der Waals surface area contributed by atoms with Crippen LogP contribution in [0.5, 0.6) is 5.75 Å². The lowest BCUT2D eigenvalue weighted by Crippen LogP contribution is -2.28. The summed E-state index contributed by atoms with van der Waals surface area (Å²) < 4.78 is 5.45. The van der Waals surface area contributed by atoms with Gasteiger partial charge in [0.1, 0.15) is 11.1 Å². The summed E-state index contributed by atoms with van der Waals surface area (Å²) in [6, 6.07) is 21.7. The van der Waals surface area contributed by atoms with Gasteiger partial charge in [-0.05, 0) is 54.1 Å². The van der Waals surface area contributed by atoms with E-state index >= 15 is 0 Å². The molecule has 1 aliphatic heterocycles. The van der Waals surface area contributed by atoms with Crippen molar-refractivity contribution in [2.24, 2.45) is 0 Å². The van der Waals surface area contributed by atoms with Crippen LogP contribution in [0, 0.1) is 0 Å². The highest BCUT2D eigenvalue weighted by atomic mass is 35.5. The maximum Gasteiger partial charge on any atom is 0.255 e. The predicted octanol–water partition coefficient (Wildman–Crippen LogP) is 5.38. The number of thioether (sulfide) groups is 1. The molecule has 5 nitrogen and oxygen atoms in total. The van der Waals surface area contributed by atoms with Crippen LogP contribution >= 0.6 is 23.4 Å². The van der Waals surface area contributed by atoms with Crippen molar-refractivity contribution in [3.63, 3.8) is 0 Å². The van der Waals surface area contributed by atoms with E-state index in [1.807, 2.05) is 48.5 Å². The predicted molar refractivity (Wildman–Crippen MR) is 122 cm³/mol. The van der Waals surface area contributed by atoms with E-state index in [2.05, 4.69) is 5.32 Å². The highest BCUT2D eigenvalue weighted by Gasteiger charge is 2.35. The summed E-state index contributed by atoms with van der Waals surface area (Å²) in [5, 5.41) is 3.28. The topological polar surface area (TPSA) is 58.6 Å². The smallest absolute Gasteiger partial charge is 0.255 e. The zero-order chi connectivity index (χ0) is 21.1. The van der Waals surface area contributed by atoms with Crippen molar-refractivity contribution in [2.75, 3.05) is 23.1 Å². The molecular formula is C23H19ClN2O3S. The van der Waals surface area contributed by atoms with Crippen molar-refractivity contribution in [3.05, 3.63) is 88.9 Å². The number of nitrogens with one attached hydrogen (secondary N) is 1. The van der Waals surface area contributed by atoms with E-state index in [9.17, 15) is 9.59 Å². The fraction of sp³-hybridized carbons (Fsp3) is 0.130. The second-order valence-corrected chi connectivity index (χ2v) is 8.19. The van der Waals surface area contributed by atoms with Gasteiger partial charge < -0.3 is 10.1 Å². The van der Waals surface area contributed by atoms with E-state index in [0.717, 1.165) is 11.3 Å². The molecule has 1 atom stereocenters. The molecule has 1 saturated heterocycles. The maximum absolute atomic E-state index is 12.7. The monoisotopic (exact) mass is 438 g/mol. The lowest BCUT2D eigenvalue weighted by Gasteiger charge is -2.26. The van der Waals surface area contributed by atoms with Gasteiger partial charge in [-0.2, -0.15) is 0 Å². The maximum atomic E-state index is 12.7. The first kappa shape index (κ1) is 20.3. The van der Waals surface area contributed by atoms with Crippen LogP contribution in [0.4, 0.5) is 11.4 Å². The molecule has 152 valence electrons. The van der Waals surface area contributed by atoms with Crippen LogP contribution < -0.4 is 15.0 Å². The third-order valence-corrected chi connectivity index (χ3v) is 6.21. The van der Waals surface area contributed by atoms with Crippen molar-refractivity contribution in [2.45, 2.75) is 5.37 Å². The summed E-state index contributed by atoms with van der Waals surface area (Å²) in [7, 11) is 1.59. The second kappa shape index (κ2) is 8.81. The van der Waals surface area contributed by atoms with E-state index in [4.69, 9.17) is 16.3 Å². The van der Waals surface area contributed by atoms with Crippen molar-refractivity contribution in [3.8, 4) is 5.75 Å². The van der Waals surface area contributed by atoms with E-state index < -0.39 is 0 Å². The van der Waals surface area contributed by atoms with Crippen molar-refractivity contribution >= 4 is 46.6 Å². The fourth-order valence-electron chi connectivity index (χ4n) is 3.33. The van der Waals surface area contributed by atoms with Crippen molar-refractivity contribution in [1.29, 1.82) is 0 Å². The number of amides is 2. The number of nitrogens with zero attached hydrogens (tertiary/aromatic N) is 1. The molecular weight excluding hydrogens is 420 g/mol. The van der Waals surface area contributed by atoms with Crippen LogP contribution in [0.25, 0.3) is 0 Å². The third-order valence-electron chi connectivity index (χ3n) is 4.75. The van der Waals surface area contributed by atoms with Crippen molar-refractivity contribution < 1.29 is 14.3 Å². The molecule has 4 rings (SSSR count). The van der Waals surface area contributed by atoms with Crippen LogP contribution in [-0.4, -0.2) is 24.7 Å². The molecule has 0 aromatic heterocycles. The van der Waals surface area contributed by atoms with Gasteiger partial charge in [-0.15, -0.1) is 11.8 Å². The van der Waals surface area contributed by atoms with E-state index in [1.165, 1.54) is 0 Å². The quantitative estimate of drug-likeness (QED) is 0.581. The molecule has 0 aliphatic carbocycles. The summed E-state index contributed by atoms with van der Waals surface area (Å²) in [4.78, 5) is 27.0. The Hall–Kier alpha value is -2.96. The molecule has 3 aromatic rings. The highest BCUT2D eigenvalue weighted by molar-refractivity contribution is 8.00. The number of anilines is 2. The van der Waals surface area contributed by atoms with Gasteiger partial charge in [-0.25, -0.2) is 0 Å². The van der Waals surface area contributed by atoms with Gasteiger partial charge in [0.15, 0.2) is 0 Å². The number of rotatable bonds is 5. The van der Waals surface area contributed by atoms with Crippen molar-refractivity contribution in [1.82, 2.24) is 0 Å². The normalized spacial score (nSPS) is 15.9. The Kier molecular flexibility index (Phi) is 5.97. The Labute approximate surface area is 184 Å². The number of benzene rings is 3. The number of methoxy groups -OCH3 is 1. The number of ether oxygens (including phenoxy) is 1. The first-order valence-corrected chi connectivity index (χ1v) is 10.7. The van der Waals surface area contributed by atoms with Gasteiger partial charge in [0.2, 0.25) is 5.91 Å². The molecule has 1 heterocycles. The Morgan fingerprint density at radius 1 is 1.10 bits per heavy atom. The summed E-state index contributed by atoms with van der Waals surface area (Å²) in [6.07, 6.45) is 0. The molecule has 1 unspecified atom stereocenters. The van der Waals surface area contributed by atoms with Gasteiger partial charge in [0, 0.05) is 16.3 Å². The van der Waals surface area contributed by atoms with Gasteiger partial charge in [-0.1, -0.05) is 35.9 Å². The SMILES string of the molecule is COc1ccccc1N1C(=O)CSC1c1cccc(NC(=O)c2ccc(Cl)cc2)c1. The van der Waals surface area contributed by atoms with Gasteiger partial charge in [0.05, 0.1) is 18.6 Å². The summed E-state index contributed by atoms with van der Waals surface area (Å²) in [5.74, 6) is 0.820. The molecule has 1 N–H and O–H groups in total. The molecule has 0 spiro atoms. The minimum absolute atomic E-state index is 0.0186. The van der Waals surface area contributed by atoms with Crippen LogP contribution in [0.1, 0.15) is 21.3 Å². The molecule has 1 fully saturated rings. The summed E-state index contributed by atoms with van der Waals surface area (Å²) >= 11 is 7.44. The molecule has 3 aromatic carbocycles. The number of carbonyl (C=O) groups excluding carboxylic acids is 2. The molecule has 0 bridgehead atoms. The lowest BCUT2D eigenvalue weighted by molar-refractivity contribution is -0.115. The van der Waals surface area contributed by atoms with E-state index in [1.54, 1.807) is 48.0 Å². The van der Waals surface area contributed by atoms with E-state index in [0.29, 0.717) is 27.8 Å². The van der Waals surface area contributed by atoms with Gasteiger partial charge >= 0.3 is 0 Å². The minimum Gasteiger partial charge on any atom is -0.495 e. The Bertz CT molecular complexity index is 1090. The Balaban J connectivity index is 1.60. The summed E-state index contributed by atoms with van der Waals surface area (Å²) in [6.45, 7) is 0. The molecule has 0 saturated carbocycles. The van der Waals surface area contributed by atoms with Crippen LogP contribution in [0.3, 0.4) is 0 Å². The number of para-hydroxylation sites is 2. The standard InChI is InChI=1S/C23H19ClN2O3S/c1-29-20-8-3-2-7-19(20)26-21(27)14-30-23(26)16-5-4-6-18(13-16)25-22(28)15-9-11-17(24)12-10-15/h2-13,23H,14H2,1H3,(H,25,28). The van der Waals surface area contributed by atoms with Crippen LogP contribution in [0.2, 0.25) is 5.02 Å².